The van der Waals surface area contributed by atoms with E-state index in [2.05, 4.69) is 38.8 Å². The highest BCUT2D eigenvalue weighted by molar-refractivity contribution is 9.10. The zero-order valence-electron chi connectivity index (χ0n) is 9.25. The van der Waals surface area contributed by atoms with Crippen molar-refractivity contribution >= 4 is 27.3 Å². The maximum Gasteiger partial charge on any atom is 0.123 e. The number of hydrogen-bond donors (Lipinski definition) is 1. The van der Waals surface area contributed by atoms with Crippen LogP contribution in [0.4, 0.5) is 4.39 Å². The molecule has 90 valence electrons. The summed E-state index contributed by atoms with van der Waals surface area (Å²) in [6, 6.07) is 8.95. The molecule has 0 radical (unpaired) electrons. The smallest absolute Gasteiger partial charge is 0.123 e. The third kappa shape index (κ3) is 3.91. The fourth-order valence-electron chi connectivity index (χ4n) is 1.57. The number of nitrogens with one attached hydrogen (secondary N) is 1. The Morgan fingerprint density at radius 3 is 2.94 bits per heavy atom. The Labute approximate surface area is 113 Å². The molecule has 0 fully saturated rings. The molecule has 0 unspecified atom stereocenters. The van der Waals surface area contributed by atoms with E-state index in [1.54, 1.807) is 23.5 Å². The normalized spacial score (nSPS) is 10.7. The van der Waals surface area contributed by atoms with Crippen LogP contribution in [0.25, 0.3) is 0 Å². The first kappa shape index (κ1) is 12.7. The van der Waals surface area contributed by atoms with Gasteiger partial charge in [0, 0.05) is 22.4 Å². The summed E-state index contributed by atoms with van der Waals surface area (Å²) in [6.07, 6.45) is 1.02. The molecule has 4 heteroatoms. The molecule has 1 nitrogen and oxygen atoms in total. The van der Waals surface area contributed by atoms with Gasteiger partial charge in [0.2, 0.25) is 0 Å². The highest BCUT2D eigenvalue weighted by atomic mass is 79.9. The van der Waals surface area contributed by atoms with Gasteiger partial charge in [0.05, 0.1) is 0 Å². The second-order valence-corrected chi connectivity index (χ2v) is 5.63. The maximum atomic E-state index is 13.0. The lowest BCUT2D eigenvalue weighted by Crippen LogP contribution is -2.16. The van der Waals surface area contributed by atoms with Gasteiger partial charge in [0.25, 0.3) is 0 Å². The summed E-state index contributed by atoms with van der Waals surface area (Å²) < 4.78 is 14.0. The van der Waals surface area contributed by atoms with E-state index in [0.717, 1.165) is 23.0 Å². The Balaban J connectivity index is 1.80. The van der Waals surface area contributed by atoms with Crippen LogP contribution in [0.5, 0.6) is 0 Å². The van der Waals surface area contributed by atoms with Gasteiger partial charge in [-0.15, -0.1) is 11.3 Å². The molecule has 2 rings (SSSR count). The summed E-state index contributed by atoms with van der Waals surface area (Å²) >= 11 is 5.18. The van der Waals surface area contributed by atoms with Crippen LogP contribution in [0, 0.1) is 5.82 Å². The topological polar surface area (TPSA) is 12.0 Å². The van der Waals surface area contributed by atoms with E-state index in [1.807, 2.05) is 0 Å². The zero-order chi connectivity index (χ0) is 12.1. The van der Waals surface area contributed by atoms with Gasteiger partial charge in [0.15, 0.2) is 0 Å². The minimum Gasteiger partial charge on any atom is -0.312 e. The van der Waals surface area contributed by atoms with Gasteiger partial charge >= 0.3 is 0 Å². The first-order valence-corrected chi connectivity index (χ1v) is 7.10. The van der Waals surface area contributed by atoms with Gasteiger partial charge in [-0.3, -0.25) is 0 Å². The minimum absolute atomic E-state index is 0.191. The quantitative estimate of drug-likeness (QED) is 0.823. The molecule has 1 aromatic carbocycles. The lowest BCUT2D eigenvalue weighted by atomic mass is 10.2. The molecule has 0 aliphatic rings. The van der Waals surface area contributed by atoms with E-state index in [-0.39, 0.29) is 5.82 Å². The van der Waals surface area contributed by atoms with E-state index in [1.165, 1.54) is 10.9 Å². The number of halogens is 2. The average molecular weight is 314 g/mol. The van der Waals surface area contributed by atoms with Crippen LogP contribution >= 0.6 is 27.3 Å². The van der Waals surface area contributed by atoms with E-state index in [4.69, 9.17) is 0 Å². The lowest BCUT2D eigenvalue weighted by Gasteiger charge is -2.06. The van der Waals surface area contributed by atoms with E-state index >= 15 is 0 Å². The predicted octanol–water partition coefficient (Wildman–Crippen LogP) is 3.98. The summed E-state index contributed by atoms with van der Waals surface area (Å²) in [4.78, 5) is 1.37. The Hall–Kier alpha value is -0.710. The largest absolute Gasteiger partial charge is 0.312 e. The van der Waals surface area contributed by atoms with Gasteiger partial charge in [-0.05, 0) is 41.6 Å². The fourth-order valence-corrected chi connectivity index (χ4v) is 2.66. The molecule has 2 aromatic rings. The van der Waals surface area contributed by atoms with Gasteiger partial charge in [0.1, 0.15) is 5.82 Å². The van der Waals surface area contributed by atoms with Crippen molar-refractivity contribution in [3.05, 3.63) is 56.4 Å². The molecule has 0 amide bonds. The molecule has 1 aromatic heterocycles. The van der Waals surface area contributed by atoms with Crippen molar-refractivity contribution in [1.29, 1.82) is 0 Å². The molecule has 0 spiro atoms. The lowest BCUT2D eigenvalue weighted by molar-refractivity contribution is 0.619. The Bertz CT molecular complexity index is 470. The van der Waals surface area contributed by atoms with Crippen molar-refractivity contribution in [2.45, 2.75) is 13.0 Å². The molecule has 1 heterocycles. The standard InChI is InChI=1S/C13H13BrFNS/c14-13-4-3-11(15)8-10(13)9-16-6-5-12-2-1-7-17-12/h1-4,7-8,16H,5-6,9H2. The monoisotopic (exact) mass is 313 g/mol. The summed E-state index contributed by atoms with van der Waals surface area (Å²) in [7, 11) is 0. The number of hydrogen-bond acceptors (Lipinski definition) is 2. The summed E-state index contributed by atoms with van der Waals surface area (Å²) in [5, 5.41) is 5.40. The minimum atomic E-state index is -0.191. The molecule has 0 aliphatic carbocycles. The van der Waals surface area contributed by atoms with Crippen LogP contribution in [0.3, 0.4) is 0 Å². The van der Waals surface area contributed by atoms with E-state index in [9.17, 15) is 4.39 Å². The fraction of sp³-hybridized carbons (Fsp3) is 0.231. The molecule has 17 heavy (non-hydrogen) atoms. The Kier molecular flexibility index (Phi) is 4.71. The maximum absolute atomic E-state index is 13.0. The highest BCUT2D eigenvalue weighted by Crippen LogP contribution is 2.17. The van der Waals surface area contributed by atoms with E-state index < -0.39 is 0 Å². The molecule has 1 N–H and O–H groups in total. The van der Waals surface area contributed by atoms with Crippen LogP contribution in [-0.4, -0.2) is 6.54 Å². The van der Waals surface area contributed by atoms with Crippen molar-refractivity contribution in [2.75, 3.05) is 6.54 Å². The van der Waals surface area contributed by atoms with Crippen molar-refractivity contribution in [3.8, 4) is 0 Å². The zero-order valence-corrected chi connectivity index (χ0v) is 11.7. The average Bonchev–Trinajstić information content (AvgIpc) is 2.82. The summed E-state index contributed by atoms with van der Waals surface area (Å²) in [5.41, 5.74) is 0.955. The second kappa shape index (κ2) is 6.28. The van der Waals surface area contributed by atoms with Gasteiger partial charge in [-0.2, -0.15) is 0 Å². The Morgan fingerprint density at radius 1 is 1.29 bits per heavy atom. The molecule has 0 atom stereocenters. The molecule has 0 aliphatic heterocycles. The van der Waals surface area contributed by atoms with Crippen LogP contribution < -0.4 is 5.32 Å². The Morgan fingerprint density at radius 2 is 2.18 bits per heavy atom. The van der Waals surface area contributed by atoms with Crippen LogP contribution in [0.1, 0.15) is 10.4 Å². The summed E-state index contributed by atoms with van der Waals surface area (Å²) in [5.74, 6) is -0.191. The molecule has 0 saturated carbocycles. The third-order valence-electron chi connectivity index (χ3n) is 2.45. The van der Waals surface area contributed by atoms with Crippen LogP contribution in [0.15, 0.2) is 40.2 Å². The molecule has 0 saturated heterocycles. The second-order valence-electron chi connectivity index (χ2n) is 3.74. The van der Waals surface area contributed by atoms with Crippen molar-refractivity contribution < 1.29 is 4.39 Å². The van der Waals surface area contributed by atoms with E-state index in [0.29, 0.717) is 6.54 Å². The van der Waals surface area contributed by atoms with Crippen LogP contribution in [0.2, 0.25) is 0 Å². The molecular weight excluding hydrogens is 301 g/mol. The number of rotatable bonds is 5. The van der Waals surface area contributed by atoms with Crippen molar-refractivity contribution in [2.24, 2.45) is 0 Å². The van der Waals surface area contributed by atoms with Gasteiger partial charge < -0.3 is 5.32 Å². The summed E-state index contributed by atoms with van der Waals surface area (Å²) in [6.45, 7) is 1.59. The van der Waals surface area contributed by atoms with Gasteiger partial charge in [-0.25, -0.2) is 4.39 Å². The van der Waals surface area contributed by atoms with Crippen molar-refractivity contribution in [3.63, 3.8) is 0 Å². The van der Waals surface area contributed by atoms with Crippen LogP contribution in [-0.2, 0) is 13.0 Å². The highest BCUT2D eigenvalue weighted by Gasteiger charge is 2.01. The SMILES string of the molecule is Fc1ccc(Br)c(CNCCc2cccs2)c1. The van der Waals surface area contributed by atoms with Gasteiger partial charge in [-0.1, -0.05) is 22.0 Å². The first-order chi connectivity index (χ1) is 8.25. The first-order valence-electron chi connectivity index (χ1n) is 5.43. The molecular formula is C13H13BrFNS. The number of benzene rings is 1. The molecule has 0 bridgehead atoms. The predicted molar refractivity (Wildman–Crippen MR) is 73.8 cm³/mol. The number of thiophene rings is 1. The third-order valence-corrected chi connectivity index (χ3v) is 4.16. The van der Waals surface area contributed by atoms with Crippen molar-refractivity contribution in [1.82, 2.24) is 5.32 Å².